The Balaban J connectivity index is 1.75. The third-order valence-corrected chi connectivity index (χ3v) is 5.74. The van der Waals surface area contributed by atoms with Gasteiger partial charge in [0.1, 0.15) is 26.4 Å². The number of allylic oxidation sites excluding steroid dienone is 6. The van der Waals surface area contributed by atoms with E-state index in [1.807, 2.05) is 0 Å². The first kappa shape index (κ1) is 33.6. The van der Waals surface area contributed by atoms with Crippen LogP contribution in [0.5, 0.6) is 0 Å². The number of hydrogen-bond acceptors (Lipinski definition) is 4. The molecule has 0 radical (unpaired) electrons. The predicted octanol–water partition coefficient (Wildman–Crippen LogP) is 7.09. The molecule has 1 unspecified atom stereocenters. The summed E-state index contributed by atoms with van der Waals surface area (Å²) in [6.07, 6.45) is -4.15. The van der Waals surface area contributed by atoms with Crippen LogP contribution in [0.4, 0.5) is 83.4 Å². The first-order chi connectivity index (χ1) is 18.7. The van der Waals surface area contributed by atoms with Crippen molar-refractivity contribution in [1.29, 1.82) is 0 Å². The summed E-state index contributed by atoms with van der Waals surface area (Å²) >= 11 is 0. The molecule has 0 amide bonds. The monoisotopic (exact) mass is 662 g/mol. The van der Waals surface area contributed by atoms with E-state index < -0.39 is 115 Å². The van der Waals surface area contributed by atoms with Gasteiger partial charge < -0.3 is 18.9 Å². The molecule has 4 nitrogen and oxygen atoms in total. The molecule has 1 atom stereocenters. The van der Waals surface area contributed by atoms with Crippen molar-refractivity contribution in [2.24, 2.45) is 0 Å². The Morgan fingerprint density at radius 1 is 0.429 bits per heavy atom. The van der Waals surface area contributed by atoms with Crippen LogP contribution in [-0.2, 0) is 18.9 Å². The normalized spacial score (nSPS) is 29.3. The SMILES string of the molecule is FC1=C(OCCOC2=C(OCCOC3=C(F)C(F)(F)C(F)(F)C3(F)F)C(F)(F)C(F)(F)C2(F)F)C(F)C(F)(F)C1(F)F. The highest BCUT2D eigenvalue weighted by atomic mass is 19.4. The average Bonchev–Trinajstić information content (AvgIpc) is 3.07. The fourth-order valence-electron chi connectivity index (χ4n) is 3.45. The van der Waals surface area contributed by atoms with Crippen LogP contribution in [-0.4, -0.2) is 80.0 Å². The van der Waals surface area contributed by atoms with Crippen LogP contribution in [0.3, 0.4) is 0 Å². The number of hydrogen-bond donors (Lipinski definition) is 0. The third-order valence-electron chi connectivity index (χ3n) is 5.74. The minimum Gasteiger partial charge on any atom is -0.488 e. The number of halogens is 19. The minimum atomic E-state index is -6.43. The van der Waals surface area contributed by atoms with Gasteiger partial charge in [0, 0.05) is 0 Å². The van der Waals surface area contributed by atoms with Crippen LogP contribution in [0.15, 0.2) is 34.7 Å². The van der Waals surface area contributed by atoms with E-state index in [0.717, 1.165) is 0 Å². The fourth-order valence-corrected chi connectivity index (χ4v) is 3.45. The smallest absolute Gasteiger partial charge is 0.387 e. The van der Waals surface area contributed by atoms with Gasteiger partial charge in [-0.25, -0.2) is 13.2 Å². The highest BCUT2D eigenvalue weighted by Crippen LogP contribution is 2.61. The van der Waals surface area contributed by atoms with Crippen molar-refractivity contribution >= 4 is 0 Å². The maximum atomic E-state index is 14.1. The fraction of sp³-hybridized carbons (Fsp3) is 0.684. The average molecular weight is 662 g/mol. The summed E-state index contributed by atoms with van der Waals surface area (Å²) in [6, 6.07) is 0. The van der Waals surface area contributed by atoms with Crippen molar-refractivity contribution in [3.63, 3.8) is 0 Å². The Bertz CT molecular complexity index is 1200. The first-order valence-corrected chi connectivity index (χ1v) is 10.4. The molecule has 0 spiro atoms. The van der Waals surface area contributed by atoms with E-state index in [0.29, 0.717) is 0 Å². The molecule has 0 saturated carbocycles. The molecule has 0 fully saturated rings. The molecule has 0 aromatic heterocycles. The molecule has 0 heterocycles. The largest absolute Gasteiger partial charge is 0.488 e. The van der Waals surface area contributed by atoms with Crippen molar-refractivity contribution in [3.8, 4) is 0 Å². The zero-order chi connectivity index (χ0) is 32.7. The van der Waals surface area contributed by atoms with Gasteiger partial charge in [-0.15, -0.1) is 0 Å². The summed E-state index contributed by atoms with van der Waals surface area (Å²) in [5, 5.41) is 0. The molecule has 3 rings (SSSR count). The number of ether oxygens (including phenoxy) is 4. The van der Waals surface area contributed by atoms with Crippen LogP contribution < -0.4 is 0 Å². The Morgan fingerprint density at radius 3 is 1.10 bits per heavy atom. The first-order valence-electron chi connectivity index (χ1n) is 10.4. The lowest BCUT2D eigenvalue weighted by Crippen LogP contribution is -2.49. The molecule has 42 heavy (non-hydrogen) atoms. The van der Waals surface area contributed by atoms with Gasteiger partial charge in [-0.2, -0.15) is 70.2 Å². The van der Waals surface area contributed by atoms with Crippen molar-refractivity contribution in [2.75, 3.05) is 26.4 Å². The summed E-state index contributed by atoms with van der Waals surface area (Å²) in [4.78, 5) is 0. The molecule has 0 aliphatic heterocycles. The van der Waals surface area contributed by atoms with E-state index >= 15 is 0 Å². The van der Waals surface area contributed by atoms with E-state index in [1.54, 1.807) is 0 Å². The van der Waals surface area contributed by atoms with E-state index in [1.165, 1.54) is 0 Å². The quantitative estimate of drug-likeness (QED) is 0.185. The summed E-state index contributed by atoms with van der Waals surface area (Å²) in [7, 11) is 0. The second kappa shape index (κ2) is 9.55. The van der Waals surface area contributed by atoms with E-state index in [9.17, 15) is 83.4 Å². The lowest BCUT2D eigenvalue weighted by molar-refractivity contribution is -0.277. The molecule has 3 aliphatic rings. The highest BCUT2D eigenvalue weighted by molar-refractivity contribution is 5.35. The lowest BCUT2D eigenvalue weighted by Gasteiger charge is -2.24. The van der Waals surface area contributed by atoms with E-state index in [-0.39, 0.29) is 0 Å². The molecule has 0 N–H and O–H groups in total. The number of alkyl halides is 17. The second-order valence-corrected chi connectivity index (χ2v) is 8.38. The van der Waals surface area contributed by atoms with Crippen molar-refractivity contribution < 1.29 is 102 Å². The van der Waals surface area contributed by atoms with Crippen LogP contribution in [0.1, 0.15) is 0 Å². The van der Waals surface area contributed by atoms with Gasteiger partial charge in [0.25, 0.3) is 0 Å². The topological polar surface area (TPSA) is 36.9 Å². The van der Waals surface area contributed by atoms with E-state index in [4.69, 9.17) is 0 Å². The van der Waals surface area contributed by atoms with E-state index in [2.05, 4.69) is 18.9 Å². The van der Waals surface area contributed by atoms with Crippen LogP contribution in [0, 0.1) is 0 Å². The molecular weight excluding hydrogens is 653 g/mol. The van der Waals surface area contributed by atoms with Crippen LogP contribution in [0.25, 0.3) is 0 Å². The van der Waals surface area contributed by atoms with Crippen molar-refractivity contribution in [2.45, 2.75) is 53.6 Å². The van der Waals surface area contributed by atoms with Gasteiger partial charge in [0.15, 0.2) is 5.76 Å². The highest BCUT2D eigenvalue weighted by Gasteiger charge is 2.84. The van der Waals surface area contributed by atoms with Crippen molar-refractivity contribution in [3.05, 3.63) is 34.7 Å². The molecule has 0 saturated heterocycles. The molecule has 242 valence electrons. The third kappa shape index (κ3) is 4.13. The molecule has 3 aliphatic carbocycles. The maximum Gasteiger partial charge on any atom is 0.387 e. The number of rotatable bonds is 10. The zero-order valence-electron chi connectivity index (χ0n) is 19.2. The maximum absolute atomic E-state index is 14.1. The molecule has 0 aromatic carbocycles. The van der Waals surface area contributed by atoms with Gasteiger partial charge in [-0.1, -0.05) is 0 Å². The summed E-state index contributed by atoms with van der Waals surface area (Å²) in [6.45, 7) is -7.36. The van der Waals surface area contributed by atoms with Crippen molar-refractivity contribution in [1.82, 2.24) is 0 Å². The Kier molecular flexibility index (Phi) is 7.63. The van der Waals surface area contributed by atoms with Gasteiger partial charge in [0.2, 0.25) is 35.1 Å². The summed E-state index contributed by atoms with van der Waals surface area (Å²) < 4.78 is 271. The van der Waals surface area contributed by atoms with Crippen LogP contribution in [0.2, 0.25) is 0 Å². The molecule has 0 aromatic rings. The van der Waals surface area contributed by atoms with Crippen LogP contribution >= 0.6 is 0 Å². The minimum absolute atomic E-state index is 1.71. The predicted molar refractivity (Wildman–Crippen MR) is 91.6 cm³/mol. The summed E-state index contributed by atoms with van der Waals surface area (Å²) in [5.41, 5.74) is 0. The Hall–Kier alpha value is -2.91. The zero-order valence-corrected chi connectivity index (χ0v) is 19.2. The Labute approximate surface area is 218 Å². The standard InChI is InChI=1S/C19H9F19O4/c20-6-5(7(21)13(25,26)12(6,23)24)39-1-2-41-10-11(17(33,34)19(37,38)16(10,31)32)42-4-3-40-9-8(22)14(27,28)18(35,36)15(9,29)30/h6H,1-4H2. The van der Waals surface area contributed by atoms with Gasteiger partial charge in [0.05, 0.1) is 0 Å². The molecule has 23 heteroatoms. The van der Waals surface area contributed by atoms with Gasteiger partial charge in [-0.05, 0) is 0 Å². The van der Waals surface area contributed by atoms with Gasteiger partial charge >= 0.3 is 47.4 Å². The molecule has 0 bridgehead atoms. The second-order valence-electron chi connectivity index (χ2n) is 8.38. The molecular formula is C19H9F19O4. The Morgan fingerprint density at radius 2 is 0.762 bits per heavy atom. The van der Waals surface area contributed by atoms with Gasteiger partial charge in [-0.3, -0.25) is 0 Å². The lowest BCUT2D eigenvalue weighted by atomic mass is 10.1. The summed E-state index contributed by atoms with van der Waals surface area (Å²) in [5.74, 6) is -66.4.